The van der Waals surface area contributed by atoms with Gasteiger partial charge in [0.05, 0.1) is 0 Å². The highest BCUT2D eigenvalue weighted by molar-refractivity contribution is 7.73. The lowest BCUT2D eigenvalue weighted by Crippen LogP contribution is -2.00. The Morgan fingerprint density at radius 2 is 1.50 bits per heavy atom. The van der Waals surface area contributed by atoms with E-state index in [0.717, 1.165) is 11.7 Å². The predicted molar refractivity (Wildman–Crippen MR) is 78.9 cm³/mol. The SMILES string of the molecule is C[P@](=O)(/C=C/Cc1ccccc1)c1ccccc1. The van der Waals surface area contributed by atoms with Gasteiger partial charge >= 0.3 is 0 Å². The van der Waals surface area contributed by atoms with E-state index in [-0.39, 0.29) is 0 Å². The van der Waals surface area contributed by atoms with E-state index in [1.54, 1.807) is 0 Å². The van der Waals surface area contributed by atoms with Gasteiger partial charge < -0.3 is 4.57 Å². The lowest BCUT2D eigenvalue weighted by atomic mass is 10.2. The average Bonchev–Trinajstić information content (AvgIpc) is 2.41. The van der Waals surface area contributed by atoms with Crippen molar-refractivity contribution in [1.82, 2.24) is 0 Å². The number of allylic oxidation sites excluding steroid dienone is 1. The van der Waals surface area contributed by atoms with Crippen LogP contribution in [0.4, 0.5) is 0 Å². The zero-order valence-electron chi connectivity index (χ0n) is 10.5. The molecule has 0 unspecified atom stereocenters. The second kappa shape index (κ2) is 5.84. The fraction of sp³-hybridized carbons (Fsp3) is 0.125. The smallest absolute Gasteiger partial charge is 0.133 e. The third kappa shape index (κ3) is 3.45. The van der Waals surface area contributed by atoms with Gasteiger partial charge in [-0.25, -0.2) is 0 Å². The first-order valence-electron chi connectivity index (χ1n) is 6.03. The second-order valence-corrected chi connectivity index (χ2v) is 7.20. The molecule has 1 nitrogen and oxygen atoms in total. The zero-order valence-corrected chi connectivity index (χ0v) is 11.4. The van der Waals surface area contributed by atoms with Gasteiger partial charge in [0.25, 0.3) is 0 Å². The molecule has 1 atom stereocenters. The van der Waals surface area contributed by atoms with Crippen LogP contribution in [0.15, 0.2) is 72.6 Å². The van der Waals surface area contributed by atoms with Crippen molar-refractivity contribution in [1.29, 1.82) is 0 Å². The molecule has 0 aliphatic rings. The van der Waals surface area contributed by atoms with Crippen molar-refractivity contribution in [2.24, 2.45) is 0 Å². The van der Waals surface area contributed by atoms with Gasteiger partial charge in [0.2, 0.25) is 0 Å². The number of rotatable bonds is 4. The lowest BCUT2D eigenvalue weighted by Gasteiger charge is -2.07. The summed E-state index contributed by atoms with van der Waals surface area (Å²) in [5.41, 5.74) is 1.24. The van der Waals surface area contributed by atoms with Crippen LogP contribution in [0, 0.1) is 0 Å². The first-order chi connectivity index (χ1) is 8.68. The molecule has 2 aromatic carbocycles. The Morgan fingerprint density at radius 3 is 2.11 bits per heavy atom. The molecule has 0 spiro atoms. The van der Waals surface area contributed by atoms with Crippen molar-refractivity contribution in [3.63, 3.8) is 0 Å². The van der Waals surface area contributed by atoms with Crippen LogP contribution in [0.2, 0.25) is 0 Å². The Hall–Kier alpha value is -1.59. The summed E-state index contributed by atoms with van der Waals surface area (Å²) in [5, 5.41) is 0.911. The summed E-state index contributed by atoms with van der Waals surface area (Å²) < 4.78 is 12.5. The molecule has 18 heavy (non-hydrogen) atoms. The molecule has 92 valence electrons. The summed E-state index contributed by atoms with van der Waals surface area (Å²) >= 11 is 0. The van der Waals surface area contributed by atoms with Gasteiger partial charge in [-0.3, -0.25) is 0 Å². The first-order valence-corrected chi connectivity index (χ1v) is 8.25. The largest absolute Gasteiger partial charge is 0.315 e. The van der Waals surface area contributed by atoms with Crippen LogP contribution < -0.4 is 5.30 Å². The molecule has 0 N–H and O–H groups in total. The molecular weight excluding hydrogens is 239 g/mol. The Bertz CT molecular complexity index is 558. The molecule has 0 saturated heterocycles. The summed E-state index contributed by atoms with van der Waals surface area (Å²) in [6, 6.07) is 19.8. The first kappa shape index (κ1) is 12.9. The van der Waals surface area contributed by atoms with Gasteiger partial charge in [-0.2, -0.15) is 0 Å². The lowest BCUT2D eigenvalue weighted by molar-refractivity contribution is 0.590. The van der Waals surface area contributed by atoms with Crippen LogP contribution in [0.25, 0.3) is 0 Å². The van der Waals surface area contributed by atoms with Gasteiger partial charge in [0, 0.05) is 5.30 Å². The topological polar surface area (TPSA) is 17.1 Å². The highest BCUT2D eigenvalue weighted by Gasteiger charge is 2.12. The van der Waals surface area contributed by atoms with E-state index < -0.39 is 7.14 Å². The molecule has 2 aromatic rings. The summed E-state index contributed by atoms with van der Waals surface area (Å²) in [6.07, 6.45) is 2.83. The molecule has 0 radical (unpaired) electrons. The van der Waals surface area contributed by atoms with Crippen molar-refractivity contribution in [2.45, 2.75) is 6.42 Å². The van der Waals surface area contributed by atoms with E-state index in [0.29, 0.717) is 0 Å². The van der Waals surface area contributed by atoms with E-state index in [4.69, 9.17) is 0 Å². The molecule has 0 aromatic heterocycles. The maximum Gasteiger partial charge on any atom is 0.133 e. The Balaban J connectivity index is 2.07. The normalized spacial score (nSPS) is 14.5. The standard InChI is InChI=1S/C16H17OP/c1-18(17,16-12-6-3-7-13-16)14-8-11-15-9-4-2-5-10-15/h2-10,12-14H,11H2,1H3/b14-8+/t18-/m0/s1. The minimum absolute atomic E-state index is 0.825. The minimum atomic E-state index is -2.36. The molecule has 2 rings (SSSR count). The van der Waals surface area contributed by atoms with Crippen LogP contribution in [0.3, 0.4) is 0 Å². The fourth-order valence-electron chi connectivity index (χ4n) is 1.81. The Morgan fingerprint density at radius 1 is 0.944 bits per heavy atom. The van der Waals surface area contributed by atoms with E-state index in [1.165, 1.54) is 5.56 Å². The summed E-state index contributed by atoms with van der Waals surface area (Å²) in [4.78, 5) is 0. The van der Waals surface area contributed by atoms with Crippen LogP contribution in [-0.2, 0) is 11.0 Å². The van der Waals surface area contributed by atoms with Gasteiger partial charge in [-0.1, -0.05) is 66.7 Å². The monoisotopic (exact) mass is 256 g/mol. The zero-order chi connectivity index (χ0) is 12.8. The van der Waals surface area contributed by atoms with Gasteiger partial charge in [0.15, 0.2) is 0 Å². The quantitative estimate of drug-likeness (QED) is 0.754. The molecule has 0 aliphatic carbocycles. The number of hydrogen-bond acceptors (Lipinski definition) is 1. The number of benzene rings is 2. The van der Waals surface area contributed by atoms with E-state index >= 15 is 0 Å². The van der Waals surface area contributed by atoms with Gasteiger partial charge in [-0.15, -0.1) is 0 Å². The van der Waals surface area contributed by atoms with Crippen molar-refractivity contribution in [3.05, 3.63) is 78.1 Å². The predicted octanol–water partition coefficient (Wildman–Crippen LogP) is 4.06. The van der Waals surface area contributed by atoms with E-state index in [9.17, 15) is 4.57 Å². The average molecular weight is 256 g/mol. The Labute approximate surface area is 109 Å². The molecular formula is C16H17OP. The molecule has 0 fully saturated rings. The highest BCUT2D eigenvalue weighted by atomic mass is 31.2. The molecule has 2 heteroatoms. The maximum absolute atomic E-state index is 12.5. The molecule has 0 amide bonds. The fourth-order valence-corrected chi connectivity index (χ4v) is 3.26. The highest BCUT2D eigenvalue weighted by Crippen LogP contribution is 2.41. The molecule has 0 heterocycles. The van der Waals surface area contributed by atoms with Crippen LogP contribution in [0.5, 0.6) is 0 Å². The van der Waals surface area contributed by atoms with Crippen molar-refractivity contribution >= 4 is 12.4 Å². The van der Waals surface area contributed by atoms with E-state index in [2.05, 4.69) is 12.1 Å². The molecule has 0 saturated carbocycles. The van der Waals surface area contributed by atoms with Crippen LogP contribution >= 0.6 is 7.14 Å². The van der Waals surface area contributed by atoms with Gasteiger partial charge in [-0.05, 0) is 24.5 Å². The molecule has 0 bridgehead atoms. The summed E-state index contributed by atoms with van der Waals surface area (Å²) in [7, 11) is -2.36. The third-order valence-electron chi connectivity index (χ3n) is 2.86. The van der Waals surface area contributed by atoms with Crippen LogP contribution in [0.1, 0.15) is 5.56 Å². The minimum Gasteiger partial charge on any atom is -0.315 e. The summed E-state index contributed by atoms with van der Waals surface area (Å²) in [5.74, 6) is 1.86. The van der Waals surface area contributed by atoms with Crippen molar-refractivity contribution in [2.75, 3.05) is 6.66 Å². The van der Waals surface area contributed by atoms with Gasteiger partial charge in [0.1, 0.15) is 7.14 Å². The summed E-state index contributed by atoms with van der Waals surface area (Å²) in [6.45, 7) is 1.81. The van der Waals surface area contributed by atoms with Crippen molar-refractivity contribution < 1.29 is 4.57 Å². The van der Waals surface area contributed by atoms with Crippen LogP contribution in [-0.4, -0.2) is 6.66 Å². The maximum atomic E-state index is 12.5. The molecule has 0 aliphatic heterocycles. The number of hydrogen-bond donors (Lipinski definition) is 0. The van der Waals surface area contributed by atoms with Crippen molar-refractivity contribution in [3.8, 4) is 0 Å². The van der Waals surface area contributed by atoms with E-state index in [1.807, 2.05) is 67.1 Å². The third-order valence-corrected chi connectivity index (χ3v) is 4.96. The Kier molecular flexibility index (Phi) is 4.17. The second-order valence-electron chi connectivity index (χ2n) is 4.40.